The Hall–Kier alpha value is -3.55. The van der Waals surface area contributed by atoms with Crippen molar-refractivity contribution in [3.05, 3.63) is 89.8 Å². The van der Waals surface area contributed by atoms with Gasteiger partial charge in [-0.15, -0.1) is 0 Å². The topological polar surface area (TPSA) is 75.2 Å². The average Bonchev–Trinajstić information content (AvgIpc) is 3.48. The maximum absolute atomic E-state index is 13.7. The molecule has 0 bridgehead atoms. The summed E-state index contributed by atoms with van der Waals surface area (Å²) in [4.78, 5) is 9.57. The van der Waals surface area contributed by atoms with Crippen LogP contribution in [0.3, 0.4) is 0 Å². The summed E-state index contributed by atoms with van der Waals surface area (Å²) in [6, 6.07) is 18.8. The molecule has 2 aromatic heterocycles. The van der Waals surface area contributed by atoms with E-state index < -0.39 is 0 Å². The number of ether oxygens (including phenoxy) is 2. The van der Waals surface area contributed by atoms with E-state index >= 15 is 0 Å². The zero-order valence-electron chi connectivity index (χ0n) is 20.5. The predicted molar refractivity (Wildman–Crippen MR) is 138 cm³/mol. The van der Waals surface area contributed by atoms with Gasteiger partial charge in [0.1, 0.15) is 17.4 Å². The second kappa shape index (κ2) is 11.0. The number of methoxy groups -OCH3 is 1. The van der Waals surface area contributed by atoms with E-state index in [1.807, 2.05) is 36.5 Å². The van der Waals surface area contributed by atoms with Gasteiger partial charge in [0, 0.05) is 29.4 Å². The fraction of sp³-hybridized carbons (Fsp3) is 0.310. The Morgan fingerprint density at radius 1 is 1.06 bits per heavy atom. The van der Waals surface area contributed by atoms with Crippen LogP contribution in [-0.4, -0.2) is 34.8 Å². The Balaban J connectivity index is 1.45. The maximum Gasteiger partial charge on any atom is 0.123 e. The number of imidazole rings is 1. The van der Waals surface area contributed by atoms with Crippen molar-refractivity contribution in [1.29, 1.82) is 0 Å². The van der Waals surface area contributed by atoms with Gasteiger partial charge in [0.25, 0.3) is 0 Å². The molecule has 1 aliphatic rings. The van der Waals surface area contributed by atoms with Crippen LogP contribution in [0.2, 0.25) is 0 Å². The number of hydrogen-bond acceptors (Lipinski definition) is 5. The molecule has 1 unspecified atom stereocenters. The lowest BCUT2D eigenvalue weighted by atomic mass is 10.0. The zero-order valence-corrected chi connectivity index (χ0v) is 20.5. The first kappa shape index (κ1) is 24.2. The van der Waals surface area contributed by atoms with Gasteiger partial charge in [0.15, 0.2) is 0 Å². The minimum Gasteiger partial charge on any atom is -0.497 e. The summed E-state index contributed by atoms with van der Waals surface area (Å²) in [5.74, 6) is 1.60. The number of rotatable bonds is 10. The molecule has 186 valence electrons. The van der Waals surface area contributed by atoms with Crippen LogP contribution in [0, 0.1) is 5.82 Å². The Bertz CT molecular complexity index is 1300. The van der Waals surface area contributed by atoms with Crippen molar-refractivity contribution in [1.82, 2.24) is 14.5 Å². The molecule has 2 aromatic carbocycles. The summed E-state index contributed by atoms with van der Waals surface area (Å²) in [5, 5.41) is 0. The van der Waals surface area contributed by atoms with E-state index in [0.29, 0.717) is 19.8 Å². The highest BCUT2D eigenvalue weighted by Crippen LogP contribution is 2.40. The first-order chi connectivity index (χ1) is 17.7. The number of aryl methyl sites for hydroxylation is 2. The van der Waals surface area contributed by atoms with E-state index in [-0.39, 0.29) is 11.9 Å². The fourth-order valence-corrected chi connectivity index (χ4v) is 4.80. The minimum atomic E-state index is -0.259. The van der Waals surface area contributed by atoms with Gasteiger partial charge < -0.3 is 19.8 Å². The van der Waals surface area contributed by atoms with Crippen LogP contribution >= 0.6 is 0 Å². The molecule has 0 saturated heterocycles. The van der Waals surface area contributed by atoms with Crippen molar-refractivity contribution in [3.63, 3.8) is 0 Å². The summed E-state index contributed by atoms with van der Waals surface area (Å²) in [6.45, 7) is 1.74. The van der Waals surface area contributed by atoms with Crippen LogP contribution in [0.15, 0.2) is 66.9 Å². The molecular weight excluding hydrogens is 455 g/mol. The second-order valence-corrected chi connectivity index (χ2v) is 9.09. The van der Waals surface area contributed by atoms with Gasteiger partial charge in [-0.3, -0.25) is 4.98 Å². The second-order valence-electron chi connectivity index (χ2n) is 9.09. The molecule has 6 nitrogen and oxygen atoms in total. The summed E-state index contributed by atoms with van der Waals surface area (Å²) >= 11 is 0. The van der Waals surface area contributed by atoms with Crippen LogP contribution in [0.25, 0.3) is 22.5 Å². The van der Waals surface area contributed by atoms with E-state index in [0.717, 1.165) is 71.0 Å². The third-order valence-electron chi connectivity index (χ3n) is 6.63. The summed E-state index contributed by atoms with van der Waals surface area (Å²) in [6.07, 6.45) is 5.39. The number of nitrogens with two attached hydrogens (primary N) is 1. The smallest absolute Gasteiger partial charge is 0.123 e. The maximum atomic E-state index is 13.7. The molecule has 1 atom stereocenters. The first-order valence-electron chi connectivity index (χ1n) is 12.4. The van der Waals surface area contributed by atoms with Gasteiger partial charge in [-0.25, -0.2) is 9.37 Å². The van der Waals surface area contributed by atoms with Crippen LogP contribution in [0.5, 0.6) is 5.75 Å². The van der Waals surface area contributed by atoms with Crippen molar-refractivity contribution in [3.8, 4) is 28.3 Å². The minimum absolute atomic E-state index is 0.163. The lowest BCUT2D eigenvalue weighted by Crippen LogP contribution is -2.13. The Morgan fingerprint density at radius 3 is 2.61 bits per heavy atom. The SMILES string of the molecule is COc1ccc(COCC2CCc3nc(-c4ccc(F)cc4)c(-c4ccnc(CCCN)c4)n32)cc1. The van der Waals surface area contributed by atoms with Gasteiger partial charge in [-0.05, 0) is 79.9 Å². The van der Waals surface area contributed by atoms with Crippen LogP contribution in [0.4, 0.5) is 4.39 Å². The average molecular weight is 487 g/mol. The number of nitrogens with zero attached hydrogens (tertiary/aromatic N) is 3. The molecule has 0 amide bonds. The Labute approximate surface area is 210 Å². The molecule has 0 radical (unpaired) electrons. The number of fused-ring (bicyclic) bond motifs is 1. The monoisotopic (exact) mass is 486 g/mol. The highest BCUT2D eigenvalue weighted by atomic mass is 19.1. The summed E-state index contributed by atoms with van der Waals surface area (Å²) in [5.41, 5.74) is 11.7. The van der Waals surface area contributed by atoms with Crippen molar-refractivity contribution in [2.45, 2.75) is 38.3 Å². The van der Waals surface area contributed by atoms with E-state index in [1.54, 1.807) is 19.2 Å². The van der Waals surface area contributed by atoms with Crippen LogP contribution in [-0.2, 0) is 24.2 Å². The van der Waals surface area contributed by atoms with Gasteiger partial charge in [-0.2, -0.15) is 0 Å². The Morgan fingerprint density at radius 2 is 1.86 bits per heavy atom. The molecule has 0 spiro atoms. The molecular formula is C29H31FN4O2. The van der Waals surface area contributed by atoms with Gasteiger partial charge in [-0.1, -0.05) is 12.1 Å². The van der Waals surface area contributed by atoms with Crippen molar-refractivity contribution in [2.75, 3.05) is 20.3 Å². The molecule has 2 N–H and O–H groups in total. The molecule has 1 aliphatic heterocycles. The van der Waals surface area contributed by atoms with Gasteiger partial charge in [0.05, 0.1) is 37.8 Å². The van der Waals surface area contributed by atoms with E-state index in [9.17, 15) is 4.39 Å². The molecule has 0 fully saturated rings. The largest absolute Gasteiger partial charge is 0.497 e. The lowest BCUT2D eigenvalue weighted by Gasteiger charge is -2.18. The van der Waals surface area contributed by atoms with E-state index in [1.165, 1.54) is 12.1 Å². The summed E-state index contributed by atoms with van der Waals surface area (Å²) in [7, 11) is 1.66. The molecule has 4 aromatic rings. The van der Waals surface area contributed by atoms with Crippen molar-refractivity contribution in [2.24, 2.45) is 5.73 Å². The molecule has 7 heteroatoms. The van der Waals surface area contributed by atoms with Gasteiger partial charge in [0.2, 0.25) is 0 Å². The predicted octanol–water partition coefficient (Wildman–Crippen LogP) is 5.36. The third-order valence-corrected chi connectivity index (χ3v) is 6.63. The van der Waals surface area contributed by atoms with Crippen LogP contribution < -0.4 is 10.5 Å². The van der Waals surface area contributed by atoms with Crippen molar-refractivity contribution < 1.29 is 13.9 Å². The Kier molecular flexibility index (Phi) is 7.39. The lowest BCUT2D eigenvalue weighted by molar-refractivity contribution is 0.0925. The number of halogens is 1. The molecule has 36 heavy (non-hydrogen) atoms. The zero-order chi connectivity index (χ0) is 24.9. The number of benzene rings is 2. The molecule has 0 aliphatic carbocycles. The third kappa shape index (κ3) is 5.17. The fourth-order valence-electron chi connectivity index (χ4n) is 4.80. The molecule has 3 heterocycles. The quantitative estimate of drug-likeness (QED) is 0.327. The number of pyridine rings is 1. The van der Waals surface area contributed by atoms with E-state index in [4.69, 9.17) is 20.2 Å². The number of aromatic nitrogens is 3. The number of hydrogen-bond donors (Lipinski definition) is 1. The first-order valence-corrected chi connectivity index (χ1v) is 12.4. The highest BCUT2D eigenvalue weighted by Gasteiger charge is 2.30. The highest BCUT2D eigenvalue weighted by molar-refractivity contribution is 5.79. The van der Waals surface area contributed by atoms with Crippen molar-refractivity contribution >= 4 is 0 Å². The molecule has 5 rings (SSSR count). The standard InChI is InChI=1S/C29H31FN4O2/c1-35-26-11-4-20(5-12-26)18-36-19-25-10-13-27-33-28(21-6-8-23(30)9-7-21)29(34(25)27)22-14-16-32-24(17-22)3-2-15-31/h4-9,11-12,14,16-17,25H,2-3,10,13,15,18-19,31H2,1H3. The summed E-state index contributed by atoms with van der Waals surface area (Å²) < 4.78 is 27.4. The normalized spacial score (nSPS) is 14.7. The van der Waals surface area contributed by atoms with Crippen LogP contribution in [0.1, 0.15) is 36.0 Å². The molecule has 0 saturated carbocycles. The van der Waals surface area contributed by atoms with E-state index in [2.05, 4.69) is 15.6 Å². The van der Waals surface area contributed by atoms with Gasteiger partial charge >= 0.3 is 0 Å².